The monoisotopic (exact) mass is 548 g/mol. The van der Waals surface area contributed by atoms with E-state index in [2.05, 4.69) is 59.3 Å². The Morgan fingerprint density at radius 3 is 2.87 bits per heavy atom. The van der Waals surface area contributed by atoms with Crippen LogP contribution < -0.4 is 10.2 Å². The molecule has 1 aromatic carbocycles. The first-order chi connectivity index (χ1) is 15.0. The number of amides is 2. The summed E-state index contributed by atoms with van der Waals surface area (Å²) in [4.78, 5) is 21.3. The van der Waals surface area contributed by atoms with Crippen molar-refractivity contribution >= 4 is 55.0 Å². The summed E-state index contributed by atoms with van der Waals surface area (Å²) >= 11 is 7.28. The minimum atomic E-state index is -0.455. The van der Waals surface area contributed by atoms with Gasteiger partial charge in [0, 0.05) is 34.8 Å². The van der Waals surface area contributed by atoms with Gasteiger partial charge >= 0.3 is 6.03 Å². The number of rotatable bonds is 3. The number of aromatic nitrogens is 3. The van der Waals surface area contributed by atoms with E-state index in [1.165, 1.54) is 5.56 Å². The number of likely N-dealkylation sites (tertiary alicyclic amines) is 1. The summed E-state index contributed by atoms with van der Waals surface area (Å²) < 4.78 is 3.80. The van der Waals surface area contributed by atoms with Crippen LogP contribution in [-0.2, 0) is 0 Å². The van der Waals surface area contributed by atoms with Gasteiger partial charge in [-0.15, -0.1) is 0 Å². The molecule has 0 bridgehead atoms. The molecule has 2 fully saturated rings. The Bertz CT molecular complexity index is 1140. The van der Waals surface area contributed by atoms with E-state index in [0.29, 0.717) is 30.8 Å². The summed E-state index contributed by atoms with van der Waals surface area (Å²) in [6.07, 6.45) is 5.76. The van der Waals surface area contributed by atoms with Crippen LogP contribution in [0.25, 0.3) is 5.65 Å². The van der Waals surface area contributed by atoms with E-state index >= 15 is 0 Å². The molecule has 2 atom stereocenters. The molecular formula is C21H22Br2N6O2. The van der Waals surface area contributed by atoms with E-state index < -0.39 is 6.10 Å². The van der Waals surface area contributed by atoms with Crippen LogP contribution in [0.1, 0.15) is 30.9 Å². The lowest BCUT2D eigenvalue weighted by molar-refractivity contribution is 0.176. The number of carbonyl (C=O) groups excluding carboxylic acids is 1. The topological polar surface area (TPSA) is 86.0 Å². The molecule has 3 aromatic rings. The van der Waals surface area contributed by atoms with Gasteiger partial charge in [-0.2, -0.15) is 5.10 Å². The average Bonchev–Trinajstić information content (AvgIpc) is 3.49. The van der Waals surface area contributed by atoms with Gasteiger partial charge in [0.05, 0.1) is 18.3 Å². The third kappa shape index (κ3) is 4.04. The Morgan fingerprint density at radius 2 is 2.06 bits per heavy atom. The van der Waals surface area contributed by atoms with Crippen molar-refractivity contribution in [3.63, 3.8) is 0 Å². The van der Waals surface area contributed by atoms with Crippen LogP contribution in [0.2, 0.25) is 0 Å². The third-order valence-electron chi connectivity index (χ3n) is 5.91. The first-order valence-electron chi connectivity index (χ1n) is 10.3. The van der Waals surface area contributed by atoms with Gasteiger partial charge in [0.25, 0.3) is 0 Å². The first-order valence-corrected chi connectivity index (χ1v) is 11.9. The number of urea groups is 1. The second-order valence-electron chi connectivity index (χ2n) is 7.95. The minimum Gasteiger partial charge on any atom is -0.391 e. The maximum absolute atomic E-state index is 12.6. The van der Waals surface area contributed by atoms with Gasteiger partial charge in [-0.3, -0.25) is 0 Å². The number of nitrogens with one attached hydrogen (secondary N) is 1. The first kappa shape index (κ1) is 20.7. The van der Waals surface area contributed by atoms with Crippen LogP contribution in [0.4, 0.5) is 16.3 Å². The number of fused-ring (bicyclic) bond motifs is 1. The lowest BCUT2D eigenvalue weighted by Gasteiger charge is -2.27. The van der Waals surface area contributed by atoms with Crippen molar-refractivity contribution in [1.82, 2.24) is 19.5 Å². The van der Waals surface area contributed by atoms with Crippen LogP contribution in [0.15, 0.2) is 45.6 Å². The molecule has 2 N–H and O–H groups in total. The zero-order valence-corrected chi connectivity index (χ0v) is 19.9. The number of hydrogen-bond donors (Lipinski definition) is 2. The van der Waals surface area contributed by atoms with Crippen LogP contribution >= 0.6 is 31.9 Å². The average molecular weight is 550 g/mol. The number of aliphatic hydroxyl groups excluding tert-OH is 1. The second-order valence-corrected chi connectivity index (χ2v) is 9.72. The summed E-state index contributed by atoms with van der Waals surface area (Å²) in [6.45, 7) is 1.80. The van der Waals surface area contributed by atoms with Gasteiger partial charge in [-0.25, -0.2) is 14.3 Å². The highest BCUT2D eigenvalue weighted by Gasteiger charge is 2.30. The molecule has 0 saturated carbocycles. The Hall–Kier alpha value is -2.17. The summed E-state index contributed by atoms with van der Waals surface area (Å²) in [7, 11) is 0. The smallest absolute Gasteiger partial charge is 0.322 e. The van der Waals surface area contributed by atoms with E-state index in [4.69, 9.17) is 4.98 Å². The molecule has 8 nitrogen and oxygen atoms in total. The Kier molecular flexibility index (Phi) is 5.61. The molecule has 0 spiro atoms. The lowest BCUT2D eigenvalue weighted by Crippen LogP contribution is -2.33. The van der Waals surface area contributed by atoms with E-state index in [1.807, 2.05) is 18.3 Å². The van der Waals surface area contributed by atoms with Crippen molar-refractivity contribution in [3.8, 4) is 0 Å². The normalized spacial score (nSPS) is 21.3. The number of nitrogens with zero attached hydrogens (tertiary/aromatic N) is 5. The number of benzene rings is 1. The predicted octanol–water partition coefficient (Wildman–Crippen LogP) is 4.19. The highest BCUT2D eigenvalue weighted by atomic mass is 79.9. The molecule has 162 valence electrons. The van der Waals surface area contributed by atoms with Crippen LogP contribution in [0.3, 0.4) is 0 Å². The van der Waals surface area contributed by atoms with Gasteiger partial charge in [0.1, 0.15) is 11.5 Å². The van der Waals surface area contributed by atoms with Crippen LogP contribution in [0, 0.1) is 0 Å². The van der Waals surface area contributed by atoms with Gasteiger partial charge in [0.15, 0.2) is 5.65 Å². The highest BCUT2D eigenvalue weighted by Crippen LogP contribution is 2.39. The largest absolute Gasteiger partial charge is 0.391 e. The Morgan fingerprint density at radius 1 is 1.19 bits per heavy atom. The van der Waals surface area contributed by atoms with Crippen molar-refractivity contribution in [2.75, 3.05) is 29.9 Å². The maximum Gasteiger partial charge on any atom is 0.322 e. The number of aliphatic hydroxyl groups is 1. The second kappa shape index (κ2) is 8.40. The molecule has 10 heteroatoms. The molecule has 0 radical (unpaired) electrons. The minimum absolute atomic E-state index is 0.217. The van der Waals surface area contributed by atoms with Crippen LogP contribution in [0.5, 0.6) is 0 Å². The van der Waals surface area contributed by atoms with Gasteiger partial charge in [0.2, 0.25) is 0 Å². The SMILES string of the molecule is O=C(Nc1cnn2ccc(N3CCCC3c3cc(Br)ccc3Br)nc12)N1CC[C@H](O)C1. The highest BCUT2D eigenvalue weighted by molar-refractivity contribution is 9.11. The van der Waals surface area contributed by atoms with Gasteiger partial charge in [-0.05, 0) is 49.1 Å². The van der Waals surface area contributed by atoms with Gasteiger partial charge < -0.3 is 20.2 Å². The molecular weight excluding hydrogens is 528 g/mol. The summed E-state index contributed by atoms with van der Waals surface area (Å²) in [5.41, 5.74) is 2.39. The van der Waals surface area contributed by atoms with Crippen molar-refractivity contribution in [2.24, 2.45) is 0 Å². The molecule has 5 rings (SSSR count). The number of β-amino-alcohol motifs (C(OH)–C–C–N with tert-alkyl or cyclic N) is 1. The van der Waals surface area contributed by atoms with Crippen molar-refractivity contribution in [1.29, 1.82) is 0 Å². The summed E-state index contributed by atoms with van der Waals surface area (Å²) in [6, 6.07) is 8.18. The number of hydrogen-bond acceptors (Lipinski definition) is 5. The lowest BCUT2D eigenvalue weighted by atomic mass is 10.0. The molecule has 4 heterocycles. The molecule has 2 saturated heterocycles. The van der Waals surface area contributed by atoms with Crippen LogP contribution in [-0.4, -0.2) is 56.4 Å². The molecule has 2 aromatic heterocycles. The van der Waals surface area contributed by atoms with E-state index in [0.717, 1.165) is 34.1 Å². The Labute approximate surface area is 196 Å². The van der Waals surface area contributed by atoms with E-state index in [9.17, 15) is 9.90 Å². The maximum atomic E-state index is 12.6. The fraction of sp³-hybridized carbons (Fsp3) is 0.381. The number of anilines is 2. The molecule has 2 aliphatic rings. The fourth-order valence-corrected chi connectivity index (χ4v) is 5.25. The van der Waals surface area contributed by atoms with E-state index in [-0.39, 0.29) is 12.1 Å². The summed E-state index contributed by atoms with van der Waals surface area (Å²) in [5, 5.41) is 16.9. The fourth-order valence-electron chi connectivity index (χ4n) is 4.36. The third-order valence-corrected chi connectivity index (χ3v) is 7.13. The standard InChI is InChI=1S/C21H22Br2N6O2/c22-13-3-4-16(23)15(10-13)18-2-1-7-28(18)19-6-9-29-20(26-19)17(11-24-29)25-21(31)27-8-5-14(30)12-27/h3-4,6,9-11,14,18,30H,1-2,5,7-8,12H2,(H,25,31)/t14-,18?/m0/s1. The molecule has 2 aliphatic heterocycles. The zero-order valence-electron chi connectivity index (χ0n) is 16.7. The molecule has 31 heavy (non-hydrogen) atoms. The van der Waals surface area contributed by atoms with Crippen molar-refractivity contribution in [3.05, 3.63) is 51.2 Å². The quantitative estimate of drug-likeness (QED) is 0.511. The van der Waals surface area contributed by atoms with Crippen molar-refractivity contribution in [2.45, 2.75) is 31.4 Å². The van der Waals surface area contributed by atoms with E-state index in [1.54, 1.807) is 15.6 Å². The number of halogens is 2. The van der Waals surface area contributed by atoms with Gasteiger partial charge in [-0.1, -0.05) is 31.9 Å². The summed E-state index contributed by atoms with van der Waals surface area (Å²) in [5.74, 6) is 0.856. The molecule has 2 amide bonds. The van der Waals surface area contributed by atoms with Crippen molar-refractivity contribution < 1.29 is 9.90 Å². The zero-order chi connectivity index (χ0) is 21.5. The Balaban J connectivity index is 1.43. The molecule has 0 aliphatic carbocycles. The predicted molar refractivity (Wildman–Crippen MR) is 125 cm³/mol. The number of carbonyl (C=O) groups is 1. The molecule has 1 unspecified atom stereocenters.